The molecule has 1 nitrogen and oxygen atoms in total. The van der Waals surface area contributed by atoms with Gasteiger partial charge in [0, 0.05) is 16.7 Å². The third-order valence-corrected chi connectivity index (χ3v) is 4.25. The van der Waals surface area contributed by atoms with Gasteiger partial charge in [0.2, 0.25) is 0 Å². The van der Waals surface area contributed by atoms with Crippen LogP contribution in [0.25, 0.3) is 11.1 Å². The Morgan fingerprint density at radius 3 is 2.04 bits per heavy atom. The van der Waals surface area contributed by atoms with Crippen LogP contribution in [0.5, 0.6) is 0 Å². The first-order valence-corrected chi connectivity index (χ1v) is 8.90. The van der Waals surface area contributed by atoms with E-state index in [0.717, 1.165) is 29.7 Å². The second kappa shape index (κ2) is 8.67. The predicted octanol–water partition coefficient (Wildman–Crippen LogP) is 6.47. The molecule has 0 spiro atoms. The minimum atomic E-state index is -0.858. The summed E-state index contributed by atoms with van der Waals surface area (Å²) in [5.74, 6) is 3.55. The molecule has 0 bridgehead atoms. The Labute approximate surface area is 166 Å². The average Bonchev–Trinajstić information content (AvgIpc) is 2.69. The Bertz CT molecular complexity index is 1110. The van der Waals surface area contributed by atoms with Gasteiger partial charge in [-0.05, 0) is 60.1 Å². The third-order valence-electron chi connectivity index (χ3n) is 4.16. The fraction of sp³-hybridized carbons (Fsp3) is 0.0870. The van der Waals surface area contributed by atoms with Crippen LogP contribution in [0.2, 0.25) is 0 Å². The van der Waals surface area contributed by atoms with Gasteiger partial charge in [-0.3, -0.25) is 0 Å². The van der Waals surface area contributed by atoms with Crippen LogP contribution in [-0.4, -0.2) is 5.16 Å². The number of aryl methyl sites for hydroxylation is 1. The van der Waals surface area contributed by atoms with Gasteiger partial charge in [0.25, 0.3) is 0 Å². The zero-order chi connectivity index (χ0) is 20.1. The van der Waals surface area contributed by atoms with E-state index in [1.165, 1.54) is 6.07 Å². The summed E-state index contributed by atoms with van der Waals surface area (Å²) in [6, 6.07) is 14.3. The molecular formula is C23H14F3NS. The minimum absolute atomic E-state index is 0.170. The maximum absolute atomic E-state index is 14.2. The van der Waals surface area contributed by atoms with E-state index in [-0.39, 0.29) is 11.4 Å². The highest BCUT2D eigenvalue weighted by molar-refractivity contribution is 7.78. The first kappa shape index (κ1) is 19.6. The Morgan fingerprint density at radius 1 is 0.821 bits per heavy atom. The second-order valence-corrected chi connectivity index (χ2v) is 6.17. The fourth-order valence-electron chi connectivity index (χ4n) is 2.68. The zero-order valence-electron chi connectivity index (χ0n) is 14.9. The summed E-state index contributed by atoms with van der Waals surface area (Å²) in [7, 11) is 0. The molecule has 0 heterocycles. The van der Waals surface area contributed by atoms with Gasteiger partial charge < -0.3 is 0 Å². The number of hydrogen-bond acceptors (Lipinski definition) is 2. The average molecular weight is 393 g/mol. The molecule has 0 unspecified atom stereocenters. The van der Waals surface area contributed by atoms with Gasteiger partial charge in [-0.1, -0.05) is 43.0 Å². The summed E-state index contributed by atoms with van der Waals surface area (Å²) < 4.78 is 41.9. The number of rotatable bonds is 3. The first-order chi connectivity index (χ1) is 13.5. The molecule has 0 saturated heterocycles. The molecule has 0 fully saturated rings. The van der Waals surface area contributed by atoms with Crippen LogP contribution in [-0.2, 0) is 6.42 Å². The molecule has 0 saturated carbocycles. The molecule has 0 amide bonds. The lowest BCUT2D eigenvalue weighted by Crippen LogP contribution is -1.88. The minimum Gasteiger partial charge on any atom is -0.206 e. The molecule has 0 atom stereocenters. The summed E-state index contributed by atoms with van der Waals surface area (Å²) in [6.07, 6.45) is 0.770. The molecular weight excluding hydrogens is 379 g/mol. The Hall–Kier alpha value is -3.19. The Morgan fingerprint density at radius 2 is 1.46 bits per heavy atom. The summed E-state index contributed by atoms with van der Waals surface area (Å²) >= 11 is 4.37. The summed E-state index contributed by atoms with van der Waals surface area (Å²) in [5, 5.41) is 1.94. The van der Waals surface area contributed by atoms with Crippen molar-refractivity contribution < 1.29 is 13.2 Å². The number of benzene rings is 3. The van der Waals surface area contributed by atoms with E-state index in [4.69, 9.17) is 0 Å². The topological polar surface area (TPSA) is 12.4 Å². The number of hydrogen-bond donors (Lipinski definition) is 0. The van der Waals surface area contributed by atoms with Gasteiger partial charge in [-0.2, -0.15) is 4.99 Å². The van der Waals surface area contributed by atoms with Gasteiger partial charge in [-0.25, -0.2) is 13.2 Å². The van der Waals surface area contributed by atoms with E-state index in [2.05, 4.69) is 29.1 Å². The van der Waals surface area contributed by atoms with Crippen LogP contribution >= 0.6 is 12.2 Å². The lowest BCUT2D eigenvalue weighted by Gasteiger charge is -2.05. The highest BCUT2D eigenvalue weighted by Gasteiger charge is 2.09. The van der Waals surface area contributed by atoms with Gasteiger partial charge in [0.15, 0.2) is 11.6 Å². The van der Waals surface area contributed by atoms with Crippen molar-refractivity contribution in [3.05, 3.63) is 88.7 Å². The molecule has 0 aromatic heterocycles. The Balaban J connectivity index is 1.85. The zero-order valence-corrected chi connectivity index (χ0v) is 15.7. The van der Waals surface area contributed by atoms with Gasteiger partial charge in [-0.15, -0.1) is 0 Å². The summed E-state index contributed by atoms with van der Waals surface area (Å²) in [6.45, 7) is 1.97. The smallest absolute Gasteiger partial charge is 0.153 e. The molecule has 0 aliphatic heterocycles. The number of thiocarbonyl (C=S) groups is 1. The van der Waals surface area contributed by atoms with E-state index in [1.807, 2.05) is 18.2 Å². The molecule has 0 radical (unpaired) electrons. The number of halogens is 3. The molecule has 0 aliphatic carbocycles. The number of aliphatic imine (C=N–C) groups is 1. The monoisotopic (exact) mass is 393 g/mol. The molecule has 3 aromatic rings. The van der Waals surface area contributed by atoms with Gasteiger partial charge in [0.05, 0.1) is 5.16 Å². The van der Waals surface area contributed by atoms with Gasteiger partial charge in [0.1, 0.15) is 11.5 Å². The van der Waals surface area contributed by atoms with Crippen LogP contribution in [0.3, 0.4) is 0 Å². The van der Waals surface area contributed by atoms with Crippen LogP contribution in [0.15, 0.2) is 59.6 Å². The number of nitrogens with zero attached hydrogens (tertiary/aromatic N) is 1. The molecule has 3 aromatic carbocycles. The van der Waals surface area contributed by atoms with Crippen molar-refractivity contribution in [1.29, 1.82) is 0 Å². The molecule has 5 heteroatoms. The maximum Gasteiger partial charge on any atom is 0.153 e. The molecule has 0 aliphatic rings. The summed E-state index contributed by atoms with van der Waals surface area (Å²) in [5.41, 5.74) is 2.49. The largest absolute Gasteiger partial charge is 0.206 e. The highest BCUT2D eigenvalue weighted by atomic mass is 32.1. The predicted molar refractivity (Wildman–Crippen MR) is 108 cm³/mol. The first-order valence-electron chi connectivity index (χ1n) is 8.49. The van der Waals surface area contributed by atoms with Crippen molar-refractivity contribution >= 4 is 23.1 Å². The standard InChI is InChI=1S/C23H14F3NS/c1-2-15-7-10-19(20(24)11-15)18-8-5-16(6-9-18)3-4-17-12-21(25)23(27-14-28)22(26)13-17/h5-13H,2H2,1H3. The normalized spacial score (nSPS) is 10.0. The number of isothiocyanates is 1. The van der Waals surface area contributed by atoms with E-state index >= 15 is 0 Å². The quantitative estimate of drug-likeness (QED) is 0.282. The van der Waals surface area contributed by atoms with E-state index in [1.54, 1.807) is 30.3 Å². The Kier molecular flexibility index (Phi) is 6.06. The molecule has 28 heavy (non-hydrogen) atoms. The molecule has 3 rings (SSSR count). The van der Waals surface area contributed by atoms with Crippen molar-refractivity contribution in [3.8, 4) is 23.0 Å². The van der Waals surface area contributed by atoms with Crippen LogP contribution < -0.4 is 0 Å². The van der Waals surface area contributed by atoms with Crippen molar-refractivity contribution in [3.63, 3.8) is 0 Å². The van der Waals surface area contributed by atoms with E-state index in [9.17, 15) is 13.2 Å². The van der Waals surface area contributed by atoms with E-state index < -0.39 is 17.3 Å². The fourth-order valence-corrected chi connectivity index (χ4v) is 2.77. The van der Waals surface area contributed by atoms with Crippen LogP contribution in [0.1, 0.15) is 23.6 Å². The third kappa shape index (κ3) is 4.37. The van der Waals surface area contributed by atoms with Gasteiger partial charge >= 0.3 is 0 Å². The maximum atomic E-state index is 14.2. The van der Waals surface area contributed by atoms with Crippen molar-refractivity contribution in [2.75, 3.05) is 0 Å². The van der Waals surface area contributed by atoms with Crippen LogP contribution in [0.4, 0.5) is 18.9 Å². The lowest BCUT2D eigenvalue weighted by atomic mass is 10.0. The highest BCUT2D eigenvalue weighted by Crippen LogP contribution is 2.25. The SMILES string of the molecule is CCc1ccc(-c2ccc(C#Cc3cc(F)c(N=C=S)c(F)c3)cc2)c(F)c1. The summed E-state index contributed by atoms with van der Waals surface area (Å²) in [4.78, 5) is 3.36. The molecule has 0 N–H and O–H groups in total. The van der Waals surface area contributed by atoms with E-state index in [0.29, 0.717) is 11.1 Å². The van der Waals surface area contributed by atoms with Crippen molar-refractivity contribution in [1.82, 2.24) is 0 Å². The second-order valence-electron chi connectivity index (χ2n) is 5.99. The lowest BCUT2D eigenvalue weighted by molar-refractivity contribution is 0.587. The van der Waals surface area contributed by atoms with Crippen molar-refractivity contribution in [2.24, 2.45) is 4.99 Å². The van der Waals surface area contributed by atoms with Crippen molar-refractivity contribution in [2.45, 2.75) is 13.3 Å². The molecule has 138 valence electrons. The van der Waals surface area contributed by atoms with Crippen LogP contribution in [0, 0.1) is 29.3 Å².